The zero-order chi connectivity index (χ0) is 20.4. The normalized spacial score (nSPS) is 11.0. The molecule has 6 nitrogen and oxygen atoms in total. The molecule has 146 valence electrons. The first-order valence-electron chi connectivity index (χ1n) is 9.52. The summed E-state index contributed by atoms with van der Waals surface area (Å²) < 4.78 is 1.38. The molecule has 0 radical (unpaired) electrons. The predicted molar refractivity (Wildman–Crippen MR) is 116 cm³/mol. The molecule has 2 heterocycles. The number of H-pyrrole nitrogens is 1. The molecule has 0 aliphatic rings. The molecule has 0 amide bonds. The second kappa shape index (κ2) is 7.75. The second-order valence-electron chi connectivity index (χ2n) is 7.25. The Bertz CT molecular complexity index is 1250. The van der Waals surface area contributed by atoms with Crippen molar-refractivity contribution in [1.29, 1.82) is 0 Å². The van der Waals surface area contributed by atoms with Gasteiger partial charge in [-0.3, -0.25) is 9.89 Å². The van der Waals surface area contributed by atoms with Gasteiger partial charge < -0.3 is 5.32 Å². The first-order valence-corrected chi connectivity index (χ1v) is 9.52. The van der Waals surface area contributed by atoms with Crippen LogP contribution in [0, 0.1) is 6.92 Å². The lowest BCUT2D eigenvalue weighted by molar-refractivity contribution is 0.878. The van der Waals surface area contributed by atoms with Crippen LogP contribution in [0.15, 0.2) is 71.5 Å². The van der Waals surface area contributed by atoms with E-state index in [2.05, 4.69) is 33.0 Å². The van der Waals surface area contributed by atoms with Crippen molar-refractivity contribution in [2.45, 2.75) is 26.8 Å². The fourth-order valence-corrected chi connectivity index (χ4v) is 3.33. The SMILES string of the molecule is C=C(C)Cc1ccccc1NCc1cc(=O)n2[nH]c(-c3ccccc3C)nc2n1. The van der Waals surface area contributed by atoms with Gasteiger partial charge in [0.15, 0.2) is 5.82 Å². The van der Waals surface area contributed by atoms with E-state index in [1.807, 2.05) is 56.3 Å². The minimum Gasteiger partial charge on any atom is -0.379 e. The summed E-state index contributed by atoms with van der Waals surface area (Å²) in [5.74, 6) is 0.993. The summed E-state index contributed by atoms with van der Waals surface area (Å²) in [6, 6.07) is 17.5. The molecule has 0 saturated heterocycles. The van der Waals surface area contributed by atoms with Crippen LogP contribution in [-0.2, 0) is 13.0 Å². The zero-order valence-corrected chi connectivity index (χ0v) is 16.6. The molecular formula is C23H23N5O. The van der Waals surface area contributed by atoms with Gasteiger partial charge in [0.1, 0.15) is 0 Å². The fraction of sp³-hybridized carbons (Fsp3) is 0.174. The summed E-state index contributed by atoms with van der Waals surface area (Å²) in [5, 5.41) is 6.44. The van der Waals surface area contributed by atoms with Gasteiger partial charge >= 0.3 is 0 Å². The largest absolute Gasteiger partial charge is 0.379 e. The second-order valence-corrected chi connectivity index (χ2v) is 7.25. The van der Waals surface area contributed by atoms with E-state index in [4.69, 9.17) is 0 Å². The first kappa shape index (κ1) is 18.7. The van der Waals surface area contributed by atoms with Gasteiger partial charge in [-0.05, 0) is 37.5 Å². The van der Waals surface area contributed by atoms with Crippen LogP contribution in [0.3, 0.4) is 0 Å². The number of para-hydroxylation sites is 1. The molecule has 0 aliphatic heterocycles. The summed E-state index contributed by atoms with van der Waals surface area (Å²) in [4.78, 5) is 21.7. The number of aromatic nitrogens is 4. The monoisotopic (exact) mass is 385 g/mol. The number of nitrogens with one attached hydrogen (secondary N) is 2. The van der Waals surface area contributed by atoms with Gasteiger partial charge in [-0.1, -0.05) is 54.6 Å². The smallest absolute Gasteiger partial charge is 0.274 e. The number of rotatable bonds is 6. The lowest BCUT2D eigenvalue weighted by Crippen LogP contribution is -2.17. The molecule has 4 rings (SSSR count). The Morgan fingerprint density at radius 3 is 2.69 bits per heavy atom. The Balaban J connectivity index is 1.62. The molecule has 0 spiro atoms. The average molecular weight is 385 g/mol. The highest BCUT2D eigenvalue weighted by Crippen LogP contribution is 2.20. The molecule has 0 aliphatic carbocycles. The predicted octanol–water partition coefficient (Wildman–Crippen LogP) is 4.12. The number of anilines is 1. The fourth-order valence-electron chi connectivity index (χ4n) is 3.33. The molecule has 4 aromatic rings. The van der Waals surface area contributed by atoms with E-state index in [1.165, 1.54) is 16.1 Å². The molecule has 0 bridgehead atoms. The van der Waals surface area contributed by atoms with E-state index in [-0.39, 0.29) is 5.56 Å². The van der Waals surface area contributed by atoms with Crippen LogP contribution in [0.25, 0.3) is 17.2 Å². The number of aryl methyl sites for hydroxylation is 1. The minimum atomic E-state index is -0.186. The molecule has 0 unspecified atom stereocenters. The molecule has 2 aromatic carbocycles. The van der Waals surface area contributed by atoms with Crippen molar-refractivity contribution in [3.63, 3.8) is 0 Å². The van der Waals surface area contributed by atoms with Crippen LogP contribution < -0.4 is 10.9 Å². The van der Waals surface area contributed by atoms with Crippen molar-refractivity contribution < 1.29 is 0 Å². The van der Waals surface area contributed by atoms with Gasteiger partial charge in [-0.15, -0.1) is 0 Å². The van der Waals surface area contributed by atoms with Crippen LogP contribution >= 0.6 is 0 Å². The molecule has 0 saturated carbocycles. The summed E-state index contributed by atoms with van der Waals surface area (Å²) in [5.41, 5.74) is 5.76. The van der Waals surface area contributed by atoms with Crippen molar-refractivity contribution >= 4 is 11.5 Å². The van der Waals surface area contributed by atoms with E-state index in [9.17, 15) is 4.79 Å². The van der Waals surface area contributed by atoms with E-state index >= 15 is 0 Å². The van der Waals surface area contributed by atoms with Crippen molar-refractivity contribution in [3.8, 4) is 11.4 Å². The Kier molecular flexibility index (Phi) is 4.99. The number of hydrogen-bond acceptors (Lipinski definition) is 4. The number of benzene rings is 2. The highest BCUT2D eigenvalue weighted by atomic mass is 16.1. The Morgan fingerprint density at radius 1 is 1.14 bits per heavy atom. The number of fused-ring (bicyclic) bond motifs is 1. The summed E-state index contributed by atoms with van der Waals surface area (Å²) in [6.07, 6.45) is 0.803. The van der Waals surface area contributed by atoms with Crippen molar-refractivity contribution in [1.82, 2.24) is 19.6 Å². The third kappa shape index (κ3) is 3.96. The van der Waals surface area contributed by atoms with Crippen molar-refractivity contribution in [3.05, 3.63) is 93.9 Å². The van der Waals surface area contributed by atoms with Crippen LogP contribution in [0.1, 0.15) is 23.7 Å². The van der Waals surface area contributed by atoms with E-state index in [1.54, 1.807) is 0 Å². The lowest BCUT2D eigenvalue weighted by Gasteiger charge is -2.11. The average Bonchev–Trinajstić information content (AvgIpc) is 3.12. The number of nitrogens with zero attached hydrogens (tertiary/aromatic N) is 3. The maximum absolute atomic E-state index is 12.6. The Hall–Kier alpha value is -3.67. The van der Waals surface area contributed by atoms with Crippen LogP contribution in [-0.4, -0.2) is 19.6 Å². The standard InChI is InChI=1S/C23H23N5O/c1-15(2)12-17-9-5-7-11-20(17)24-14-18-13-21(29)28-23(25-18)26-22(27-28)19-10-6-4-8-16(19)3/h4-11,13,24H,1,12,14H2,2-3H3,(H,25,26,27). The third-order valence-electron chi connectivity index (χ3n) is 4.75. The van der Waals surface area contributed by atoms with Crippen molar-refractivity contribution in [2.24, 2.45) is 0 Å². The quantitative estimate of drug-likeness (QED) is 0.490. The Labute approximate surface area is 169 Å². The van der Waals surface area contributed by atoms with E-state index in [0.717, 1.165) is 28.8 Å². The van der Waals surface area contributed by atoms with Gasteiger partial charge in [-0.2, -0.15) is 9.50 Å². The summed E-state index contributed by atoms with van der Waals surface area (Å²) in [6.45, 7) is 8.45. The van der Waals surface area contributed by atoms with Crippen molar-refractivity contribution in [2.75, 3.05) is 5.32 Å². The maximum Gasteiger partial charge on any atom is 0.274 e. The maximum atomic E-state index is 12.6. The molecule has 0 atom stereocenters. The molecule has 2 N–H and O–H groups in total. The molecule has 29 heavy (non-hydrogen) atoms. The number of allylic oxidation sites excluding steroid dienone is 1. The van der Waals surface area contributed by atoms with Gasteiger partial charge in [0.05, 0.1) is 12.2 Å². The first-order chi connectivity index (χ1) is 14.0. The van der Waals surface area contributed by atoms with Gasteiger partial charge in [0, 0.05) is 17.3 Å². The zero-order valence-electron chi connectivity index (χ0n) is 16.6. The van der Waals surface area contributed by atoms with Gasteiger partial charge in [-0.25, -0.2) is 4.98 Å². The van der Waals surface area contributed by atoms with Crippen LogP contribution in [0.2, 0.25) is 0 Å². The number of aromatic amines is 1. The van der Waals surface area contributed by atoms with Crippen LogP contribution in [0.4, 0.5) is 5.69 Å². The van der Waals surface area contributed by atoms with Crippen LogP contribution in [0.5, 0.6) is 0 Å². The van der Waals surface area contributed by atoms with E-state index in [0.29, 0.717) is 23.8 Å². The summed E-state index contributed by atoms with van der Waals surface area (Å²) in [7, 11) is 0. The molecule has 0 fully saturated rings. The highest BCUT2D eigenvalue weighted by Gasteiger charge is 2.11. The molecule has 2 aromatic heterocycles. The van der Waals surface area contributed by atoms with E-state index < -0.39 is 0 Å². The van der Waals surface area contributed by atoms with Gasteiger partial charge in [0.25, 0.3) is 11.3 Å². The highest BCUT2D eigenvalue weighted by molar-refractivity contribution is 5.61. The topological polar surface area (TPSA) is 75.1 Å². The summed E-state index contributed by atoms with van der Waals surface area (Å²) >= 11 is 0. The number of hydrogen-bond donors (Lipinski definition) is 2. The molecule has 6 heteroatoms. The molecular weight excluding hydrogens is 362 g/mol. The Morgan fingerprint density at radius 2 is 1.90 bits per heavy atom. The minimum absolute atomic E-state index is 0.186. The third-order valence-corrected chi connectivity index (χ3v) is 4.75. The lowest BCUT2D eigenvalue weighted by atomic mass is 10.1. The van der Waals surface area contributed by atoms with Gasteiger partial charge in [0.2, 0.25) is 0 Å².